The minimum absolute atomic E-state index is 0. The minimum atomic E-state index is -3.09. The molecule has 130 valence electrons. The zero-order valence-corrected chi connectivity index (χ0v) is 14.1. The monoisotopic (exact) mass is 368 g/mol. The van der Waals surface area contributed by atoms with Crippen molar-refractivity contribution in [3.05, 3.63) is 35.4 Å². The predicted molar refractivity (Wildman–Crippen MR) is 85.4 cm³/mol. The molecule has 1 aromatic carbocycles. The van der Waals surface area contributed by atoms with Gasteiger partial charge in [0.25, 0.3) is 5.92 Å². The molecule has 0 bridgehead atoms. The summed E-state index contributed by atoms with van der Waals surface area (Å²) in [6, 6.07) is 5.88. The van der Waals surface area contributed by atoms with Crippen molar-refractivity contribution >= 4 is 28.2 Å². The molecule has 5 nitrogen and oxygen atoms in total. The number of carbonyl (C=O) groups is 1. The first kappa shape index (κ1) is 19.8. The van der Waals surface area contributed by atoms with Gasteiger partial charge in [-0.2, -0.15) is 0 Å². The van der Waals surface area contributed by atoms with E-state index in [4.69, 9.17) is 0 Å². The predicted octanol–water partition coefficient (Wildman–Crippen LogP) is 1.27. The lowest BCUT2D eigenvalue weighted by Crippen LogP contribution is -2.40. The average molecular weight is 369 g/mol. The van der Waals surface area contributed by atoms with Gasteiger partial charge in [0.1, 0.15) is 0 Å². The molecule has 1 unspecified atom stereocenters. The molecule has 0 radical (unpaired) electrons. The number of benzene rings is 1. The fourth-order valence-corrected chi connectivity index (χ4v) is 3.07. The van der Waals surface area contributed by atoms with Crippen LogP contribution >= 0.6 is 12.4 Å². The second kappa shape index (κ2) is 7.55. The Morgan fingerprint density at radius 3 is 2.35 bits per heavy atom. The van der Waals surface area contributed by atoms with Crippen molar-refractivity contribution in [2.75, 3.05) is 12.8 Å². The van der Waals surface area contributed by atoms with E-state index in [0.29, 0.717) is 5.56 Å². The highest BCUT2D eigenvalue weighted by atomic mass is 35.5. The molecule has 2 rings (SSSR count). The summed E-state index contributed by atoms with van der Waals surface area (Å²) in [7, 11) is -3.09. The topological polar surface area (TPSA) is 75.3 Å². The van der Waals surface area contributed by atoms with Gasteiger partial charge >= 0.3 is 0 Å². The van der Waals surface area contributed by atoms with Crippen LogP contribution in [0.5, 0.6) is 0 Å². The molecule has 1 aliphatic rings. The summed E-state index contributed by atoms with van der Waals surface area (Å²) < 4.78 is 48.4. The van der Waals surface area contributed by atoms with E-state index in [9.17, 15) is 22.0 Å². The van der Waals surface area contributed by atoms with E-state index in [-0.39, 0.29) is 24.7 Å². The van der Waals surface area contributed by atoms with Crippen molar-refractivity contribution in [1.82, 2.24) is 10.6 Å². The Morgan fingerprint density at radius 2 is 1.87 bits per heavy atom. The third-order valence-corrected chi connectivity index (χ3v) is 4.20. The molecule has 1 saturated heterocycles. The SMILES string of the molecule is CS(=O)(=O)Cc1ccc(CNC(=O)C2CC(F)(F)CN2)cc1.Cl. The highest BCUT2D eigenvalue weighted by Crippen LogP contribution is 2.25. The highest BCUT2D eigenvalue weighted by Gasteiger charge is 2.42. The Labute approximate surface area is 140 Å². The molecule has 1 aliphatic heterocycles. The van der Waals surface area contributed by atoms with Gasteiger partial charge in [-0.25, -0.2) is 17.2 Å². The van der Waals surface area contributed by atoms with Crippen LogP contribution in [-0.4, -0.2) is 39.1 Å². The molecule has 1 fully saturated rings. The Kier molecular flexibility index (Phi) is 6.49. The van der Waals surface area contributed by atoms with Crippen LogP contribution in [-0.2, 0) is 26.9 Å². The van der Waals surface area contributed by atoms with Gasteiger partial charge in [-0.15, -0.1) is 12.4 Å². The first-order chi connectivity index (χ1) is 10.1. The van der Waals surface area contributed by atoms with E-state index >= 15 is 0 Å². The summed E-state index contributed by atoms with van der Waals surface area (Å²) in [5, 5.41) is 5.08. The number of alkyl halides is 2. The number of carbonyl (C=O) groups excluding carboxylic acids is 1. The fraction of sp³-hybridized carbons (Fsp3) is 0.500. The molecule has 23 heavy (non-hydrogen) atoms. The summed E-state index contributed by atoms with van der Waals surface area (Å²) in [4.78, 5) is 11.8. The summed E-state index contributed by atoms with van der Waals surface area (Å²) in [5.74, 6) is -3.34. The van der Waals surface area contributed by atoms with Gasteiger partial charge in [0, 0.05) is 19.2 Å². The number of amides is 1. The van der Waals surface area contributed by atoms with Gasteiger partial charge in [0.2, 0.25) is 5.91 Å². The minimum Gasteiger partial charge on any atom is -0.351 e. The van der Waals surface area contributed by atoms with Crippen LogP contribution in [0.2, 0.25) is 0 Å². The van der Waals surface area contributed by atoms with Crippen molar-refractivity contribution in [1.29, 1.82) is 0 Å². The number of nitrogens with one attached hydrogen (secondary N) is 2. The molecule has 0 spiro atoms. The largest absolute Gasteiger partial charge is 0.351 e. The van der Waals surface area contributed by atoms with Crippen LogP contribution in [0.25, 0.3) is 0 Å². The van der Waals surface area contributed by atoms with Gasteiger partial charge in [0.05, 0.1) is 18.3 Å². The Bertz CT molecular complexity index is 650. The molecule has 2 N–H and O–H groups in total. The normalized spacial score (nSPS) is 19.9. The Balaban J connectivity index is 0.00000264. The lowest BCUT2D eigenvalue weighted by atomic mass is 10.1. The van der Waals surface area contributed by atoms with E-state index in [1.165, 1.54) is 0 Å². The summed E-state index contributed by atoms with van der Waals surface area (Å²) in [6.45, 7) is -0.271. The fourth-order valence-electron chi connectivity index (χ4n) is 2.27. The number of sulfone groups is 1. The highest BCUT2D eigenvalue weighted by molar-refractivity contribution is 7.89. The average Bonchev–Trinajstić information content (AvgIpc) is 2.76. The van der Waals surface area contributed by atoms with E-state index < -0.39 is 40.7 Å². The van der Waals surface area contributed by atoms with E-state index in [0.717, 1.165) is 11.8 Å². The van der Waals surface area contributed by atoms with Crippen molar-refractivity contribution in [3.63, 3.8) is 0 Å². The summed E-state index contributed by atoms with van der Waals surface area (Å²) in [6.07, 6.45) is 0.664. The smallest absolute Gasteiger partial charge is 0.262 e. The third-order valence-electron chi connectivity index (χ3n) is 3.34. The quantitative estimate of drug-likeness (QED) is 0.820. The van der Waals surface area contributed by atoms with Crippen LogP contribution in [0.3, 0.4) is 0 Å². The van der Waals surface area contributed by atoms with Crippen LogP contribution < -0.4 is 10.6 Å². The Hall–Kier alpha value is -1.25. The van der Waals surface area contributed by atoms with Gasteiger partial charge in [-0.1, -0.05) is 24.3 Å². The number of halogens is 3. The van der Waals surface area contributed by atoms with Crippen LogP contribution in [0.4, 0.5) is 8.78 Å². The van der Waals surface area contributed by atoms with Gasteiger partial charge in [-0.3, -0.25) is 10.1 Å². The number of hydrogen-bond acceptors (Lipinski definition) is 4. The lowest BCUT2D eigenvalue weighted by Gasteiger charge is -2.11. The van der Waals surface area contributed by atoms with E-state index in [1.807, 2.05) is 0 Å². The molecular formula is C14H19ClF2N2O3S. The molecule has 1 atom stereocenters. The van der Waals surface area contributed by atoms with E-state index in [1.54, 1.807) is 24.3 Å². The number of rotatable bonds is 5. The zero-order chi connectivity index (χ0) is 16.4. The molecule has 1 amide bonds. The maximum Gasteiger partial charge on any atom is 0.262 e. The Morgan fingerprint density at radius 1 is 1.30 bits per heavy atom. The van der Waals surface area contributed by atoms with Crippen LogP contribution in [0.15, 0.2) is 24.3 Å². The second-order valence-corrected chi connectivity index (χ2v) is 7.74. The molecule has 0 aliphatic carbocycles. The lowest BCUT2D eigenvalue weighted by molar-refractivity contribution is -0.123. The van der Waals surface area contributed by atoms with Crippen molar-refractivity contribution < 1.29 is 22.0 Å². The van der Waals surface area contributed by atoms with Gasteiger partial charge in [-0.05, 0) is 11.1 Å². The molecule has 0 aromatic heterocycles. The third kappa shape index (κ3) is 6.40. The molecule has 1 heterocycles. The molecule has 0 saturated carbocycles. The summed E-state index contributed by atoms with van der Waals surface area (Å²) in [5.41, 5.74) is 1.44. The maximum absolute atomic E-state index is 13.0. The first-order valence-corrected chi connectivity index (χ1v) is 8.85. The molecular weight excluding hydrogens is 350 g/mol. The first-order valence-electron chi connectivity index (χ1n) is 6.79. The van der Waals surface area contributed by atoms with Crippen LogP contribution in [0.1, 0.15) is 17.5 Å². The zero-order valence-electron chi connectivity index (χ0n) is 12.5. The van der Waals surface area contributed by atoms with Crippen molar-refractivity contribution in [2.24, 2.45) is 0 Å². The van der Waals surface area contributed by atoms with Gasteiger partial charge < -0.3 is 5.32 Å². The second-order valence-electron chi connectivity index (χ2n) is 5.60. The van der Waals surface area contributed by atoms with Crippen molar-refractivity contribution in [2.45, 2.75) is 30.7 Å². The van der Waals surface area contributed by atoms with E-state index in [2.05, 4.69) is 10.6 Å². The van der Waals surface area contributed by atoms with Crippen LogP contribution in [0, 0.1) is 0 Å². The molecule has 1 aromatic rings. The van der Waals surface area contributed by atoms with Gasteiger partial charge in [0.15, 0.2) is 9.84 Å². The standard InChI is InChI=1S/C14H18F2N2O3S.ClH/c1-22(20,21)8-11-4-2-10(3-5-11)7-17-13(19)12-6-14(15,16)9-18-12;/h2-5,12,18H,6-9H2,1H3,(H,17,19);1H. The maximum atomic E-state index is 13.0. The summed E-state index contributed by atoms with van der Waals surface area (Å²) >= 11 is 0. The molecule has 9 heteroatoms. The van der Waals surface area contributed by atoms with Crippen molar-refractivity contribution in [3.8, 4) is 0 Å². The number of hydrogen-bond donors (Lipinski definition) is 2.